The van der Waals surface area contributed by atoms with E-state index in [1.165, 1.54) is 69.3 Å². The van der Waals surface area contributed by atoms with E-state index in [0.717, 1.165) is 0 Å². The van der Waals surface area contributed by atoms with Gasteiger partial charge in [0.25, 0.3) is 0 Å². The zero-order chi connectivity index (χ0) is 20.8. The Bertz CT molecular complexity index is 1710. The number of para-hydroxylation sites is 1. The van der Waals surface area contributed by atoms with Crippen molar-refractivity contribution in [2.24, 2.45) is 0 Å². The van der Waals surface area contributed by atoms with E-state index in [1.807, 2.05) is 23.1 Å². The van der Waals surface area contributed by atoms with Crippen molar-refractivity contribution in [1.29, 1.82) is 0 Å². The van der Waals surface area contributed by atoms with E-state index < -0.39 is 0 Å². The standard InChI is InChI=1S/C29H17NS2/c1-2-10-25-23(9-1)30-29(32-25)17-11-14-24-22(15-17)20-13-12-19-18-7-3-5-16-6-4-8-21(26(16)18)27(19)28(20)31-24/h1-15,29-30H. The van der Waals surface area contributed by atoms with Crippen molar-refractivity contribution >= 4 is 59.7 Å². The number of hydrogen-bond donors (Lipinski definition) is 1. The number of thioether (sulfide) groups is 1. The third-order valence-corrected chi connectivity index (χ3v) is 9.29. The molecule has 1 N–H and O–H groups in total. The SMILES string of the molecule is c1ccc2c(c1)NC(c1ccc3sc4c5c(ccc4c3c1)-c1cccc3cccc-5c13)S2. The first-order chi connectivity index (χ1) is 15.8. The van der Waals surface area contributed by atoms with Gasteiger partial charge in [-0.1, -0.05) is 78.5 Å². The molecule has 8 rings (SSSR count). The van der Waals surface area contributed by atoms with E-state index in [9.17, 15) is 0 Å². The first kappa shape index (κ1) is 17.3. The van der Waals surface area contributed by atoms with Crippen molar-refractivity contribution < 1.29 is 0 Å². The van der Waals surface area contributed by atoms with Gasteiger partial charge in [0, 0.05) is 36.3 Å². The molecule has 150 valence electrons. The topological polar surface area (TPSA) is 12.0 Å². The number of rotatable bonds is 1. The van der Waals surface area contributed by atoms with E-state index in [0.29, 0.717) is 0 Å². The molecule has 1 aliphatic carbocycles. The van der Waals surface area contributed by atoms with Crippen LogP contribution in [0.5, 0.6) is 0 Å². The Morgan fingerprint density at radius 1 is 0.688 bits per heavy atom. The minimum atomic E-state index is 0.263. The molecule has 0 amide bonds. The summed E-state index contributed by atoms with van der Waals surface area (Å²) < 4.78 is 2.77. The van der Waals surface area contributed by atoms with E-state index >= 15 is 0 Å². The summed E-state index contributed by atoms with van der Waals surface area (Å²) in [4.78, 5) is 1.33. The first-order valence-electron chi connectivity index (χ1n) is 10.9. The van der Waals surface area contributed by atoms with Crippen molar-refractivity contribution in [2.75, 3.05) is 5.32 Å². The fourth-order valence-electron chi connectivity index (χ4n) is 5.42. The third-order valence-electron chi connectivity index (χ3n) is 6.85. The normalized spacial score (nSPS) is 15.9. The molecule has 0 bridgehead atoms. The van der Waals surface area contributed by atoms with E-state index in [2.05, 4.69) is 96.3 Å². The fourth-order valence-corrected chi connectivity index (χ4v) is 7.80. The minimum absolute atomic E-state index is 0.263. The number of thiophene rings is 1. The molecular weight excluding hydrogens is 426 g/mol. The molecule has 0 radical (unpaired) electrons. The van der Waals surface area contributed by atoms with Crippen LogP contribution in [0.2, 0.25) is 0 Å². The van der Waals surface area contributed by atoms with Gasteiger partial charge in [0.05, 0.1) is 0 Å². The highest BCUT2D eigenvalue weighted by atomic mass is 32.2. The van der Waals surface area contributed by atoms with Gasteiger partial charge in [0.15, 0.2) is 0 Å². The van der Waals surface area contributed by atoms with Crippen molar-refractivity contribution in [1.82, 2.24) is 0 Å². The minimum Gasteiger partial charge on any atom is -0.368 e. The predicted octanol–water partition coefficient (Wildman–Crippen LogP) is 9.07. The molecule has 1 atom stereocenters. The molecule has 5 aromatic carbocycles. The Kier molecular flexibility index (Phi) is 3.33. The quantitative estimate of drug-likeness (QED) is 0.271. The van der Waals surface area contributed by atoms with E-state index in [1.54, 1.807) is 0 Å². The summed E-state index contributed by atoms with van der Waals surface area (Å²) in [5.74, 6) is 0. The van der Waals surface area contributed by atoms with Crippen molar-refractivity contribution in [3.63, 3.8) is 0 Å². The first-order valence-corrected chi connectivity index (χ1v) is 12.6. The van der Waals surface area contributed by atoms with E-state index in [-0.39, 0.29) is 5.37 Å². The summed E-state index contributed by atoms with van der Waals surface area (Å²) in [6.07, 6.45) is 0. The van der Waals surface area contributed by atoms with Crippen LogP contribution in [0.25, 0.3) is 53.2 Å². The van der Waals surface area contributed by atoms with Crippen LogP contribution in [0.4, 0.5) is 5.69 Å². The lowest BCUT2D eigenvalue weighted by molar-refractivity contribution is 1.14. The summed E-state index contributed by atoms with van der Waals surface area (Å²) in [6, 6.07) is 33.7. The number of nitrogens with one attached hydrogen (secondary N) is 1. The second-order valence-electron chi connectivity index (χ2n) is 8.57. The largest absolute Gasteiger partial charge is 0.368 e. The molecule has 0 fully saturated rings. The van der Waals surface area contributed by atoms with Crippen molar-refractivity contribution in [3.8, 4) is 22.3 Å². The molecule has 3 heteroatoms. The second kappa shape index (κ2) is 6.16. The Labute approximate surface area is 193 Å². The Hall–Kier alpha value is -3.27. The molecule has 1 nitrogen and oxygen atoms in total. The second-order valence-corrected chi connectivity index (χ2v) is 10.8. The molecular formula is C29H17NS2. The maximum atomic E-state index is 3.69. The lowest BCUT2D eigenvalue weighted by Gasteiger charge is -2.11. The van der Waals surface area contributed by atoms with E-state index in [4.69, 9.17) is 0 Å². The number of hydrogen-bond acceptors (Lipinski definition) is 3. The summed E-state index contributed by atoms with van der Waals surface area (Å²) in [6.45, 7) is 0. The summed E-state index contributed by atoms with van der Waals surface area (Å²) in [5, 5.41) is 9.42. The highest BCUT2D eigenvalue weighted by Gasteiger charge is 2.26. The number of anilines is 1. The molecule has 6 aromatic rings. The Morgan fingerprint density at radius 2 is 1.56 bits per heavy atom. The predicted molar refractivity (Wildman–Crippen MR) is 140 cm³/mol. The number of benzene rings is 5. The Morgan fingerprint density at radius 3 is 2.47 bits per heavy atom. The average Bonchev–Trinajstić information content (AvgIpc) is 3.52. The molecule has 2 aliphatic rings. The van der Waals surface area contributed by atoms with Gasteiger partial charge in [0.1, 0.15) is 5.37 Å². The molecule has 0 spiro atoms. The molecule has 32 heavy (non-hydrogen) atoms. The van der Waals surface area contributed by atoms with Crippen LogP contribution in [0.15, 0.2) is 95.9 Å². The highest BCUT2D eigenvalue weighted by molar-refractivity contribution is 8.00. The molecule has 0 saturated carbocycles. The molecule has 1 aliphatic heterocycles. The van der Waals surface area contributed by atoms with Crippen LogP contribution in [0.1, 0.15) is 10.9 Å². The van der Waals surface area contributed by atoms with Crippen LogP contribution in [0.3, 0.4) is 0 Å². The van der Waals surface area contributed by atoms with Gasteiger partial charge in [-0.05, 0) is 57.3 Å². The van der Waals surface area contributed by atoms with Gasteiger partial charge in [-0.2, -0.15) is 0 Å². The molecule has 1 aromatic heterocycles. The monoisotopic (exact) mass is 443 g/mol. The Balaban J connectivity index is 1.34. The van der Waals surface area contributed by atoms with Gasteiger partial charge in [-0.3, -0.25) is 0 Å². The average molecular weight is 444 g/mol. The molecule has 2 heterocycles. The molecule has 0 saturated heterocycles. The zero-order valence-electron chi connectivity index (χ0n) is 17.1. The highest BCUT2D eigenvalue weighted by Crippen LogP contribution is 2.53. The van der Waals surface area contributed by atoms with Crippen LogP contribution in [-0.4, -0.2) is 0 Å². The van der Waals surface area contributed by atoms with Crippen LogP contribution >= 0.6 is 23.1 Å². The summed E-state index contributed by atoms with van der Waals surface area (Å²) in [5.41, 5.74) is 8.12. The van der Waals surface area contributed by atoms with Gasteiger partial charge in [-0.15, -0.1) is 11.3 Å². The van der Waals surface area contributed by atoms with Gasteiger partial charge < -0.3 is 5.32 Å². The van der Waals surface area contributed by atoms with Crippen molar-refractivity contribution in [3.05, 3.63) is 96.6 Å². The van der Waals surface area contributed by atoms with Gasteiger partial charge in [-0.25, -0.2) is 0 Å². The maximum Gasteiger partial charge on any atom is 0.103 e. The van der Waals surface area contributed by atoms with Gasteiger partial charge in [0.2, 0.25) is 0 Å². The van der Waals surface area contributed by atoms with Crippen LogP contribution < -0.4 is 5.32 Å². The summed E-state index contributed by atoms with van der Waals surface area (Å²) in [7, 11) is 0. The lowest BCUT2D eigenvalue weighted by Crippen LogP contribution is -2.00. The van der Waals surface area contributed by atoms with Crippen LogP contribution in [0, 0.1) is 0 Å². The lowest BCUT2D eigenvalue weighted by atomic mass is 10.0. The summed E-state index contributed by atoms with van der Waals surface area (Å²) >= 11 is 3.84. The van der Waals surface area contributed by atoms with Crippen molar-refractivity contribution in [2.45, 2.75) is 10.3 Å². The van der Waals surface area contributed by atoms with Gasteiger partial charge >= 0.3 is 0 Å². The fraction of sp³-hybridized carbons (Fsp3) is 0.0345. The number of fused-ring (bicyclic) bond motifs is 8. The molecule has 1 unspecified atom stereocenters. The van der Waals surface area contributed by atoms with Crippen LogP contribution in [-0.2, 0) is 0 Å². The smallest absolute Gasteiger partial charge is 0.103 e. The third kappa shape index (κ3) is 2.20. The maximum absolute atomic E-state index is 3.69. The zero-order valence-corrected chi connectivity index (χ0v) is 18.7.